The van der Waals surface area contributed by atoms with Crippen LogP contribution in [0.15, 0.2) is 5.16 Å². The molecule has 0 aromatic carbocycles. The minimum atomic E-state index is -0.863. The fraction of sp³-hybridized carbons (Fsp3) is 0.913. The van der Waals surface area contributed by atoms with Crippen molar-refractivity contribution < 1.29 is 19.1 Å². The molecule has 0 spiro atoms. The van der Waals surface area contributed by atoms with E-state index in [1.165, 1.54) is 25.7 Å². The van der Waals surface area contributed by atoms with Crippen molar-refractivity contribution in [1.82, 2.24) is 9.80 Å². The molecule has 2 aliphatic carbocycles. The first kappa shape index (κ1) is 22.0. The van der Waals surface area contributed by atoms with Crippen molar-refractivity contribution in [2.45, 2.75) is 88.6 Å². The molecule has 0 radical (unpaired) electrons. The molecular weight excluding hydrogens is 382 g/mol. The van der Waals surface area contributed by atoms with Gasteiger partial charge in [0.1, 0.15) is 0 Å². The molecule has 170 valence electrons. The molecule has 4 unspecified atom stereocenters. The van der Waals surface area contributed by atoms with Crippen LogP contribution in [0.25, 0.3) is 0 Å². The predicted octanol–water partition coefficient (Wildman–Crippen LogP) is 2.83. The van der Waals surface area contributed by atoms with Gasteiger partial charge in [0.15, 0.2) is 0 Å². The van der Waals surface area contributed by atoms with E-state index in [9.17, 15) is 4.79 Å². The van der Waals surface area contributed by atoms with Gasteiger partial charge >= 0.3 is 0 Å². The molecule has 0 bridgehead atoms. The highest BCUT2D eigenvalue weighted by Crippen LogP contribution is 2.37. The number of hydrogen-bond donors (Lipinski definition) is 0. The summed E-state index contributed by atoms with van der Waals surface area (Å²) >= 11 is 0. The zero-order valence-corrected chi connectivity index (χ0v) is 19.0. The minimum absolute atomic E-state index is 0.0842. The zero-order chi connectivity index (χ0) is 21.1. The lowest BCUT2D eigenvalue weighted by atomic mass is 9.79. The van der Waals surface area contributed by atoms with Crippen molar-refractivity contribution >= 4 is 11.6 Å². The second-order valence-corrected chi connectivity index (χ2v) is 9.90. The summed E-state index contributed by atoms with van der Waals surface area (Å²) in [6.45, 7) is 5.42. The van der Waals surface area contributed by atoms with Crippen LogP contribution in [0, 0.1) is 5.92 Å². The van der Waals surface area contributed by atoms with E-state index in [0.29, 0.717) is 18.4 Å². The number of amides is 1. The third-order valence-corrected chi connectivity index (χ3v) is 7.52. The average molecular weight is 422 g/mol. The predicted molar refractivity (Wildman–Crippen MR) is 116 cm³/mol. The number of rotatable bonds is 5. The van der Waals surface area contributed by atoms with E-state index in [1.807, 2.05) is 11.8 Å². The molecule has 1 amide bonds. The molecule has 1 saturated heterocycles. The summed E-state index contributed by atoms with van der Waals surface area (Å²) in [7, 11) is 3.91. The van der Waals surface area contributed by atoms with Crippen LogP contribution in [-0.2, 0) is 19.1 Å². The quantitative estimate of drug-likeness (QED) is 0.683. The summed E-state index contributed by atoms with van der Waals surface area (Å²) in [5, 5.41) is 4.45. The average Bonchev–Trinajstić information content (AvgIpc) is 3.35. The zero-order valence-electron chi connectivity index (χ0n) is 19.0. The van der Waals surface area contributed by atoms with Gasteiger partial charge in [0.2, 0.25) is 5.60 Å². The van der Waals surface area contributed by atoms with Crippen LogP contribution in [0.1, 0.15) is 64.7 Å². The van der Waals surface area contributed by atoms with Gasteiger partial charge in [-0.2, -0.15) is 0 Å². The Kier molecular flexibility index (Phi) is 7.00. The number of methoxy groups -OCH3 is 1. The van der Waals surface area contributed by atoms with Crippen molar-refractivity contribution in [3.63, 3.8) is 0 Å². The second kappa shape index (κ2) is 9.53. The van der Waals surface area contributed by atoms with Crippen LogP contribution < -0.4 is 0 Å². The van der Waals surface area contributed by atoms with Gasteiger partial charge < -0.3 is 24.1 Å². The number of carbonyl (C=O) groups excluding carboxylic acids is 1. The Morgan fingerprint density at radius 1 is 1.07 bits per heavy atom. The number of likely N-dealkylation sites (N-methyl/N-ethyl adjacent to an activating group) is 1. The van der Waals surface area contributed by atoms with E-state index in [4.69, 9.17) is 14.3 Å². The third kappa shape index (κ3) is 4.83. The van der Waals surface area contributed by atoms with Gasteiger partial charge in [-0.1, -0.05) is 18.0 Å². The van der Waals surface area contributed by atoms with Gasteiger partial charge in [0.05, 0.1) is 24.0 Å². The van der Waals surface area contributed by atoms with Crippen molar-refractivity contribution in [3.05, 3.63) is 0 Å². The fourth-order valence-corrected chi connectivity index (χ4v) is 5.58. The molecule has 7 nitrogen and oxygen atoms in total. The first-order valence-corrected chi connectivity index (χ1v) is 11.9. The van der Waals surface area contributed by atoms with E-state index >= 15 is 0 Å². The highest BCUT2D eigenvalue weighted by Gasteiger charge is 2.47. The monoisotopic (exact) mass is 421 g/mol. The molecule has 3 fully saturated rings. The topological polar surface area (TPSA) is 63.6 Å². The first-order chi connectivity index (χ1) is 14.5. The van der Waals surface area contributed by atoms with E-state index in [2.05, 4.69) is 17.1 Å². The number of ether oxygens (including phenoxy) is 2. The summed E-state index contributed by atoms with van der Waals surface area (Å²) in [5.41, 5.74) is 0.172. The lowest BCUT2D eigenvalue weighted by molar-refractivity contribution is -0.153. The Bertz CT molecular complexity index is 636. The number of carbonyl (C=O) groups is 1. The molecule has 2 aliphatic heterocycles. The standard InChI is InChI=1S/C23H39N3O4/c1-23(22(27)26-12-6-11-25(2)13-14-26)16-19(24-30-23)17-9-10-20(28-3)21(15-17)29-18-7-4-5-8-18/h17-18,20-21H,4-16H2,1-3H3. The molecular formula is C23H39N3O4. The highest BCUT2D eigenvalue weighted by molar-refractivity contribution is 5.96. The second-order valence-electron chi connectivity index (χ2n) is 9.90. The molecule has 4 rings (SSSR count). The Morgan fingerprint density at radius 3 is 2.63 bits per heavy atom. The maximum Gasteiger partial charge on any atom is 0.269 e. The molecule has 2 saturated carbocycles. The molecule has 4 aliphatic rings. The summed E-state index contributed by atoms with van der Waals surface area (Å²) in [4.78, 5) is 23.3. The summed E-state index contributed by atoms with van der Waals surface area (Å²) in [5.74, 6) is 0.397. The Morgan fingerprint density at radius 2 is 1.87 bits per heavy atom. The number of hydrogen-bond acceptors (Lipinski definition) is 6. The van der Waals surface area contributed by atoms with Crippen LogP contribution in [0.5, 0.6) is 0 Å². The van der Waals surface area contributed by atoms with Crippen LogP contribution in [-0.4, -0.2) is 85.7 Å². The number of oxime groups is 1. The SMILES string of the molecule is COC1CCC(C2=NOC(C)(C(=O)N3CCCN(C)CC3)C2)CC1OC1CCCC1. The lowest BCUT2D eigenvalue weighted by Crippen LogP contribution is -2.49. The summed E-state index contributed by atoms with van der Waals surface area (Å²) in [6, 6.07) is 0. The highest BCUT2D eigenvalue weighted by atomic mass is 16.7. The Hall–Kier alpha value is -1.18. The van der Waals surface area contributed by atoms with Crippen LogP contribution in [0.2, 0.25) is 0 Å². The fourth-order valence-electron chi connectivity index (χ4n) is 5.58. The molecule has 2 heterocycles. The summed E-state index contributed by atoms with van der Waals surface area (Å²) < 4.78 is 12.2. The largest absolute Gasteiger partial charge is 0.379 e. The molecule has 30 heavy (non-hydrogen) atoms. The Balaban J connectivity index is 1.36. The van der Waals surface area contributed by atoms with Crippen LogP contribution in [0.3, 0.4) is 0 Å². The number of nitrogens with zero attached hydrogens (tertiary/aromatic N) is 3. The van der Waals surface area contributed by atoms with Crippen LogP contribution in [0.4, 0.5) is 0 Å². The van der Waals surface area contributed by atoms with Crippen molar-refractivity contribution in [3.8, 4) is 0 Å². The normalized spacial score (nSPS) is 36.4. The van der Waals surface area contributed by atoms with Gasteiger partial charge in [-0.05, 0) is 59.0 Å². The summed E-state index contributed by atoms with van der Waals surface area (Å²) in [6.07, 6.45) is 10.0. The molecule has 0 aromatic rings. The van der Waals surface area contributed by atoms with E-state index in [0.717, 1.165) is 57.6 Å². The van der Waals surface area contributed by atoms with E-state index in [1.54, 1.807) is 7.11 Å². The molecule has 0 N–H and O–H groups in total. The van der Waals surface area contributed by atoms with Crippen LogP contribution >= 0.6 is 0 Å². The smallest absolute Gasteiger partial charge is 0.269 e. The first-order valence-electron chi connectivity index (χ1n) is 11.9. The van der Waals surface area contributed by atoms with Gasteiger partial charge in [-0.25, -0.2) is 0 Å². The van der Waals surface area contributed by atoms with Gasteiger partial charge in [0, 0.05) is 39.1 Å². The van der Waals surface area contributed by atoms with Crippen molar-refractivity contribution in [1.29, 1.82) is 0 Å². The molecule has 7 heteroatoms. The van der Waals surface area contributed by atoms with Crippen molar-refractivity contribution in [2.75, 3.05) is 40.3 Å². The van der Waals surface area contributed by atoms with Gasteiger partial charge in [0.25, 0.3) is 5.91 Å². The lowest BCUT2D eigenvalue weighted by Gasteiger charge is -2.36. The minimum Gasteiger partial charge on any atom is -0.379 e. The Labute approximate surface area is 181 Å². The van der Waals surface area contributed by atoms with Gasteiger partial charge in [-0.15, -0.1) is 0 Å². The van der Waals surface area contributed by atoms with E-state index < -0.39 is 5.60 Å². The maximum atomic E-state index is 13.3. The molecule has 4 atom stereocenters. The van der Waals surface area contributed by atoms with Crippen molar-refractivity contribution in [2.24, 2.45) is 11.1 Å². The molecule has 0 aromatic heterocycles. The van der Waals surface area contributed by atoms with Gasteiger partial charge in [-0.3, -0.25) is 4.79 Å². The van der Waals surface area contributed by atoms with E-state index in [-0.39, 0.29) is 18.1 Å². The maximum absolute atomic E-state index is 13.3. The third-order valence-electron chi connectivity index (χ3n) is 7.52.